The van der Waals surface area contributed by atoms with Gasteiger partial charge in [0.25, 0.3) is 0 Å². The molecule has 1 aromatic rings. The standard InChI is InChI=1S/C14H24N2S2.C8H14S/c1-4-8-16(5-2)10-7-6-9-15(3)12-11-13(17)14(12)18;1-6(7(2)9)8(3,4)5/h11H,4-10H2,1-3H3;1H2,2-5H3. The predicted molar refractivity (Wildman–Crippen MR) is 132 cm³/mol. The van der Waals surface area contributed by atoms with E-state index in [1.807, 2.05) is 13.0 Å². The van der Waals surface area contributed by atoms with E-state index in [4.69, 9.17) is 36.7 Å². The lowest BCUT2D eigenvalue weighted by atomic mass is 9.86. The first-order valence-electron chi connectivity index (χ1n) is 9.89. The van der Waals surface area contributed by atoms with E-state index in [9.17, 15) is 0 Å². The van der Waals surface area contributed by atoms with Gasteiger partial charge in [0, 0.05) is 18.5 Å². The molecule has 0 fully saturated rings. The topological polar surface area (TPSA) is 6.48 Å². The number of nitrogens with zero attached hydrogens (tertiary/aromatic N) is 2. The van der Waals surface area contributed by atoms with Crippen LogP contribution in [0.15, 0.2) is 18.2 Å². The Balaban J connectivity index is 0.000000636. The summed E-state index contributed by atoms with van der Waals surface area (Å²) in [5, 5.41) is 0. The van der Waals surface area contributed by atoms with Crippen molar-refractivity contribution in [1.29, 1.82) is 0 Å². The average molecular weight is 427 g/mol. The first-order chi connectivity index (χ1) is 12.4. The van der Waals surface area contributed by atoms with Crippen molar-refractivity contribution in [2.75, 3.05) is 38.1 Å². The largest absolute Gasteiger partial charge is 0.373 e. The molecular formula is C22H38N2S3. The molecule has 1 aromatic carbocycles. The molecule has 5 heteroatoms. The lowest BCUT2D eigenvalue weighted by molar-refractivity contribution is 0.283. The van der Waals surface area contributed by atoms with Crippen molar-refractivity contribution in [3.05, 3.63) is 27.2 Å². The molecule has 0 aromatic heterocycles. The van der Waals surface area contributed by atoms with Crippen LogP contribution < -0.4 is 4.90 Å². The van der Waals surface area contributed by atoms with Crippen molar-refractivity contribution in [2.24, 2.45) is 5.41 Å². The Morgan fingerprint density at radius 2 is 1.63 bits per heavy atom. The molecule has 0 radical (unpaired) electrons. The molecule has 0 heterocycles. The van der Waals surface area contributed by atoms with Crippen LogP contribution in [0.25, 0.3) is 0 Å². The quantitative estimate of drug-likeness (QED) is 0.226. The van der Waals surface area contributed by atoms with Gasteiger partial charge in [0.15, 0.2) is 0 Å². The van der Waals surface area contributed by atoms with Crippen LogP contribution in [-0.4, -0.2) is 43.0 Å². The van der Waals surface area contributed by atoms with Gasteiger partial charge >= 0.3 is 0 Å². The lowest BCUT2D eigenvalue weighted by Crippen LogP contribution is -2.26. The summed E-state index contributed by atoms with van der Waals surface area (Å²) >= 11 is 15.3. The van der Waals surface area contributed by atoms with Gasteiger partial charge in [-0.3, -0.25) is 0 Å². The van der Waals surface area contributed by atoms with Crippen molar-refractivity contribution in [1.82, 2.24) is 4.90 Å². The second-order valence-electron chi connectivity index (χ2n) is 8.07. The van der Waals surface area contributed by atoms with E-state index in [0.717, 1.165) is 38.2 Å². The summed E-state index contributed by atoms with van der Waals surface area (Å²) < 4.78 is 1.71. The fraction of sp³-hybridized carbons (Fsp3) is 0.682. The summed E-state index contributed by atoms with van der Waals surface area (Å²) in [6, 6.07) is 2.01. The number of thiocarbonyl (C=S) groups is 1. The average Bonchev–Trinajstić information content (AvgIpc) is 2.60. The highest BCUT2D eigenvalue weighted by Gasteiger charge is 2.15. The highest BCUT2D eigenvalue weighted by atomic mass is 32.1. The van der Waals surface area contributed by atoms with Crippen LogP contribution in [0.3, 0.4) is 0 Å². The van der Waals surface area contributed by atoms with Crippen LogP contribution in [0.5, 0.6) is 0 Å². The van der Waals surface area contributed by atoms with E-state index in [0.29, 0.717) is 0 Å². The zero-order chi connectivity index (χ0) is 21.2. The fourth-order valence-electron chi connectivity index (χ4n) is 2.66. The molecule has 0 aliphatic heterocycles. The summed E-state index contributed by atoms with van der Waals surface area (Å²) in [7, 11) is 2.10. The van der Waals surface area contributed by atoms with Gasteiger partial charge in [-0.05, 0) is 62.9 Å². The molecule has 1 rings (SSSR count). The second-order valence-corrected chi connectivity index (χ2v) is 9.53. The van der Waals surface area contributed by atoms with Crippen molar-refractivity contribution in [3.63, 3.8) is 0 Å². The fourth-order valence-corrected chi connectivity index (χ4v) is 3.46. The molecule has 154 valence electrons. The number of unbranched alkanes of at least 4 members (excludes halogenated alkanes) is 1. The lowest BCUT2D eigenvalue weighted by Gasteiger charge is -2.23. The predicted octanol–water partition coefficient (Wildman–Crippen LogP) is 6.95. The van der Waals surface area contributed by atoms with Crippen LogP contribution >= 0.6 is 36.7 Å². The van der Waals surface area contributed by atoms with Gasteiger partial charge in [-0.15, -0.1) is 0 Å². The first kappa shape index (κ1) is 26.5. The molecule has 0 bridgehead atoms. The minimum Gasteiger partial charge on any atom is -0.373 e. The summed E-state index contributed by atoms with van der Waals surface area (Å²) in [5.41, 5.74) is 2.36. The van der Waals surface area contributed by atoms with E-state index >= 15 is 0 Å². The smallest absolute Gasteiger partial charge is 0.0792 e. The highest BCUT2D eigenvalue weighted by Crippen LogP contribution is 2.24. The van der Waals surface area contributed by atoms with Gasteiger partial charge in [-0.2, -0.15) is 0 Å². The zero-order valence-electron chi connectivity index (χ0n) is 18.4. The molecular weight excluding hydrogens is 388 g/mol. The van der Waals surface area contributed by atoms with Crippen LogP contribution in [0.4, 0.5) is 5.69 Å². The van der Waals surface area contributed by atoms with E-state index in [1.165, 1.54) is 32.4 Å². The Kier molecular flexibility index (Phi) is 12.6. The number of allylic oxidation sites excluding steroid dienone is 1. The van der Waals surface area contributed by atoms with Crippen molar-refractivity contribution in [3.8, 4) is 0 Å². The number of hydrogen-bond acceptors (Lipinski definition) is 5. The van der Waals surface area contributed by atoms with Gasteiger partial charge in [-0.1, -0.05) is 77.9 Å². The zero-order valence-corrected chi connectivity index (χ0v) is 20.8. The molecule has 0 saturated heterocycles. The van der Waals surface area contributed by atoms with Gasteiger partial charge in [0.05, 0.1) is 14.7 Å². The van der Waals surface area contributed by atoms with Crippen molar-refractivity contribution < 1.29 is 0 Å². The molecule has 2 nitrogen and oxygen atoms in total. The Bertz CT molecular complexity index is 664. The Morgan fingerprint density at radius 1 is 1.07 bits per heavy atom. The summed E-state index contributed by atoms with van der Waals surface area (Å²) in [5.74, 6) is 0. The maximum Gasteiger partial charge on any atom is 0.0792 e. The molecule has 27 heavy (non-hydrogen) atoms. The first-order valence-corrected chi connectivity index (χ1v) is 11.1. The third-order valence-electron chi connectivity index (χ3n) is 4.67. The molecule has 0 saturated carbocycles. The van der Waals surface area contributed by atoms with E-state index in [2.05, 4.69) is 58.0 Å². The van der Waals surface area contributed by atoms with Crippen LogP contribution in [0.2, 0.25) is 0 Å². The summed E-state index contributed by atoms with van der Waals surface area (Å²) in [6.07, 6.45) is 3.71. The number of rotatable bonds is 10. The molecule has 0 amide bonds. The van der Waals surface area contributed by atoms with Gasteiger partial charge in [0.2, 0.25) is 0 Å². The molecule has 0 unspecified atom stereocenters. The molecule has 0 aliphatic carbocycles. The summed E-state index contributed by atoms with van der Waals surface area (Å²) in [4.78, 5) is 5.67. The highest BCUT2D eigenvalue weighted by molar-refractivity contribution is 7.80. The number of anilines is 1. The second kappa shape index (κ2) is 12.9. The minimum absolute atomic E-state index is 0.145. The van der Waals surface area contributed by atoms with E-state index in [-0.39, 0.29) is 5.41 Å². The maximum absolute atomic E-state index is 5.22. The maximum atomic E-state index is 5.22. The van der Waals surface area contributed by atoms with Crippen LogP contribution in [0.1, 0.15) is 60.8 Å². The number of hydrogen-bond donors (Lipinski definition) is 0. The van der Waals surface area contributed by atoms with Crippen molar-refractivity contribution in [2.45, 2.75) is 60.8 Å². The van der Waals surface area contributed by atoms with Crippen LogP contribution in [-0.2, 0) is 0 Å². The third-order valence-corrected chi connectivity index (χ3v) is 5.80. The van der Waals surface area contributed by atoms with E-state index < -0.39 is 0 Å². The van der Waals surface area contributed by atoms with Gasteiger partial charge in [-0.25, -0.2) is 0 Å². The van der Waals surface area contributed by atoms with Gasteiger partial charge in [0.1, 0.15) is 0 Å². The third kappa shape index (κ3) is 10.0. The monoisotopic (exact) mass is 426 g/mol. The Hall–Kier alpha value is -0.490. The summed E-state index contributed by atoms with van der Waals surface area (Å²) in [6.45, 7) is 21.3. The SMILES string of the molecule is C=C(C(C)=S)C(C)(C)C.CCCN(CC)CCCCN(C)c1cc(=S)c1=S. The molecule has 0 spiro atoms. The normalized spacial score (nSPS) is 11.3. The minimum atomic E-state index is 0.145. The van der Waals surface area contributed by atoms with Gasteiger partial charge < -0.3 is 9.80 Å². The van der Waals surface area contributed by atoms with Crippen molar-refractivity contribution >= 4 is 47.2 Å². The van der Waals surface area contributed by atoms with E-state index in [1.54, 1.807) is 0 Å². The Morgan fingerprint density at radius 3 is 1.96 bits per heavy atom. The molecule has 0 N–H and O–H groups in total. The molecule has 0 atom stereocenters. The molecule has 0 aliphatic rings. The van der Waals surface area contributed by atoms with Crippen LogP contribution in [0, 0.1) is 14.4 Å². The Labute approximate surface area is 183 Å².